The van der Waals surface area contributed by atoms with Crippen LogP contribution in [0.4, 0.5) is 4.39 Å². The Labute approximate surface area is 234 Å². The highest BCUT2D eigenvalue weighted by molar-refractivity contribution is 9.10. The van der Waals surface area contributed by atoms with Gasteiger partial charge in [0.05, 0.1) is 13.7 Å². The quantitative estimate of drug-likeness (QED) is 0.171. The number of carbonyl (C=O) groups excluding carboxylic acids is 1. The van der Waals surface area contributed by atoms with Crippen molar-refractivity contribution >= 4 is 30.2 Å². The minimum absolute atomic E-state index is 0.0382. The minimum atomic E-state index is -2.03. The highest BCUT2D eigenvalue weighted by Crippen LogP contribution is 2.37. The zero-order chi connectivity index (χ0) is 27.9. The number of halogens is 2. The molecule has 0 spiro atoms. The minimum Gasteiger partial charge on any atom is -0.493 e. The van der Waals surface area contributed by atoms with Crippen LogP contribution in [0.1, 0.15) is 42.4 Å². The van der Waals surface area contributed by atoms with E-state index in [4.69, 9.17) is 13.9 Å². The van der Waals surface area contributed by atoms with Gasteiger partial charge < -0.3 is 18.8 Å². The summed E-state index contributed by atoms with van der Waals surface area (Å²) in [6.45, 7) is 12.1. The zero-order valence-electron chi connectivity index (χ0n) is 22.9. The zero-order valence-corrected chi connectivity index (χ0v) is 25.5. The molecule has 1 amide bonds. The molecule has 1 heterocycles. The Morgan fingerprint density at radius 3 is 2.32 bits per heavy atom. The second-order valence-electron chi connectivity index (χ2n) is 10.6. The van der Waals surface area contributed by atoms with Gasteiger partial charge in [-0.05, 0) is 57.3 Å². The average molecular weight is 604 g/mol. The monoisotopic (exact) mass is 602 g/mol. The van der Waals surface area contributed by atoms with Crippen LogP contribution < -0.4 is 9.47 Å². The van der Waals surface area contributed by atoms with Crippen LogP contribution >= 0.6 is 15.9 Å². The van der Waals surface area contributed by atoms with Crippen molar-refractivity contribution < 1.29 is 23.1 Å². The number of pyridine rings is 1. The Kier molecular flexibility index (Phi) is 10.1. The van der Waals surface area contributed by atoms with Crippen LogP contribution in [0.15, 0.2) is 65.3 Å². The van der Waals surface area contributed by atoms with Gasteiger partial charge in [-0.3, -0.25) is 4.79 Å². The van der Waals surface area contributed by atoms with Crippen LogP contribution in [0.2, 0.25) is 18.1 Å². The molecular weight excluding hydrogens is 567 g/mol. The number of benzene rings is 2. The third kappa shape index (κ3) is 7.88. The number of nitrogens with zero attached hydrogens (tertiary/aromatic N) is 2. The summed E-state index contributed by atoms with van der Waals surface area (Å²) in [4.78, 5) is 20.2. The van der Waals surface area contributed by atoms with Gasteiger partial charge in [0.2, 0.25) is 0 Å². The van der Waals surface area contributed by atoms with Crippen molar-refractivity contribution in [3.63, 3.8) is 0 Å². The molecule has 0 aliphatic heterocycles. The first kappa shape index (κ1) is 29.8. The van der Waals surface area contributed by atoms with Crippen molar-refractivity contribution in [2.75, 3.05) is 20.3 Å². The average Bonchev–Trinajstić information content (AvgIpc) is 2.87. The van der Waals surface area contributed by atoms with E-state index in [2.05, 4.69) is 54.8 Å². The summed E-state index contributed by atoms with van der Waals surface area (Å²) in [5.41, 5.74) is 1.86. The summed E-state index contributed by atoms with van der Waals surface area (Å²) in [5, 5.41) is 0.0382. The summed E-state index contributed by atoms with van der Waals surface area (Å²) in [6.07, 6.45) is 0. The van der Waals surface area contributed by atoms with E-state index in [1.54, 1.807) is 23.1 Å². The van der Waals surface area contributed by atoms with E-state index < -0.39 is 8.32 Å². The van der Waals surface area contributed by atoms with Crippen molar-refractivity contribution in [2.45, 2.75) is 52.1 Å². The molecule has 0 bridgehead atoms. The number of methoxy groups -OCH3 is 1. The summed E-state index contributed by atoms with van der Waals surface area (Å²) in [7, 11) is -0.503. The molecule has 2 aromatic carbocycles. The third-order valence-electron chi connectivity index (χ3n) is 6.76. The van der Waals surface area contributed by atoms with Gasteiger partial charge >= 0.3 is 0 Å². The summed E-state index contributed by atoms with van der Waals surface area (Å²) < 4.78 is 32.0. The first-order valence-corrected chi connectivity index (χ1v) is 16.2. The Hall–Kier alpha value is -2.75. The number of hydrogen-bond acceptors (Lipinski definition) is 5. The van der Waals surface area contributed by atoms with Gasteiger partial charge in [0.1, 0.15) is 17.0 Å². The maximum atomic E-state index is 14.0. The van der Waals surface area contributed by atoms with E-state index in [0.717, 1.165) is 11.1 Å². The summed E-state index contributed by atoms with van der Waals surface area (Å²) >= 11 is 3.40. The molecular formula is C29H36BrFN2O4Si. The molecule has 0 saturated carbocycles. The second kappa shape index (κ2) is 12.9. The number of carbonyl (C=O) groups is 1. The largest absolute Gasteiger partial charge is 0.493 e. The lowest BCUT2D eigenvalue weighted by Crippen LogP contribution is -2.43. The van der Waals surface area contributed by atoms with Gasteiger partial charge in [-0.2, -0.15) is 0 Å². The normalized spacial score (nSPS) is 11.8. The number of amides is 1. The predicted molar refractivity (Wildman–Crippen MR) is 154 cm³/mol. The van der Waals surface area contributed by atoms with Gasteiger partial charge in [0, 0.05) is 19.2 Å². The number of ether oxygens (including phenoxy) is 2. The van der Waals surface area contributed by atoms with Crippen LogP contribution in [0, 0.1) is 5.82 Å². The lowest BCUT2D eigenvalue weighted by atomic mass is 10.2. The smallest absolute Gasteiger partial charge is 0.276 e. The molecule has 0 aliphatic carbocycles. The number of hydrogen-bond donors (Lipinski definition) is 0. The molecule has 0 aliphatic rings. The molecule has 3 rings (SSSR count). The maximum Gasteiger partial charge on any atom is 0.276 e. The predicted octanol–water partition coefficient (Wildman–Crippen LogP) is 7.24. The molecule has 204 valence electrons. The molecule has 9 heteroatoms. The third-order valence-corrected chi connectivity index (χ3v) is 11.7. The molecule has 6 nitrogen and oxygen atoms in total. The fourth-order valence-corrected chi connectivity index (χ4v) is 4.91. The van der Waals surface area contributed by atoms with Crippen molar-refractivity contribution in [1.29, 1.82) is 0 Å². The number of rotatable bonds is 11. The van der Waals surface area contributed by atoms with E-state index >= 15 is 0 Å². The van der Waals surface area contributed by atoms with Crippen LogP contribution in [0.5, 0.6) is 11.5 Å². The first-order valence-electron chi connectivity index (χ1n) is 12.5. The highest BCUT2D eigenvalue weighted by atomic mass is 79.9. The molecule has 0 fully saturated rings. The molecule has 3 aromatic rings. The lowest BCUT2D eigenvalue weighted by Gasteiger charge is -2.37. The Morgan fingerprint density at radius 2 is 1.71 bits per heavy atom. The standard InChI is InChI=1S/C29H36BrFN2O4Si/c1-29(2,3)38(5,6)37-17-16-33(19-21-12-14-23(31)15-13-21)28(34)26-27(24(35-4)18-25(30)32-26)36-20-22-10-8-7-9-11-22/h7-15,18H,16-17,19-20H2,1-6H3. The lowest BCUT2D eigenvalue weighted by molar-refractivity contribution is 0.0699. The van der Waals surface area contributed by atoms with Crippen molar-refractivity contribution in [3.8, 4) is 11.5 Å². The van der Waals surface area contributed by atoms with Gasteiger partial charge in [-0.15, -0.1) is 0 Å². The first-order chi connectivity index (χ1) is 17.9. The van der Waals surface area contributed by atoms with Gasteiger partial charge in [0.15, 0.2) is 25.5 Å². The van der Waals surface area contributed by atoms with E-state index in [1.807, 2.05) is 30.3 Å². The van der Waals surface area contributed by atoms with Gasteiger partial charge in [0.25, 0.3) is 5.91 Å². The molecule has 0 N–H and O–H groups in total. The Balaban J connectivity index is 1.92. The SMILES string of the molecule is COc1cc(Br)nc(C(=O)N(CCO[Si](C)(C)C(C)(C)C)Cc2ccc(F)cc2)c1OCc1ccccc1. The Morgan fingerprint density at radius 1 is 1.05 bits per heavy atom. The van der Waals surface area contributed by atoms with E-state index in [0.29, 0.717) is 23.5 Å². The van der Waals surface area contributed by atoms with E-state index in [1.165, 1.54) is 19.2 Å². The molecule has 38 heavy (non-hydrogen) atoms. The van der Waals surface area contributed by atoms with Crippen LogP contribution in [0.25, 0.3) is 0 Å². The van der Waals surface area contributed by atoms with Crippen molar-refractivity contribution in [1.82, 2.24) is 9.88 Å². The van der Waals surface area contributed by atoms with Gasteiger partial charge in [-0.1, -0.05) is 63.2 Å². The van der Waals surface area contributed by atoms with Crippen molar-refractivity contribution in [2.24, 2.45) is 0 Å². The van der Waals surface area contributed by atoms with Crippen molar-refractivity contribution in [3.05, 3.63) is 87.9 Å². The second-order valence-corrected chi connectivity index (χ2v) is 16.2. The maximum absolute atomic E-state index is 14.0. The molecule has 1 aromatic heterocycles. The van der Waals surface area contributed by atoms with E-state index in [9.17, 15) is 9.18 Å². The van der Waals surface area contributed by atoms with Crippen LogP contribution in [-0.4, -0.2) is 44.4 Å². The topological polar surface area (TPSA) is 60.9 Å². The molecule has 0 atom stereocenters. The fourth-order valence-electron chi connectivity index (χ4n) is 3.49. The summed E-state index contributed by atoms with van der Waals surface area (Å²) in [6, 6.07) is 17.5. The Bertz CT molecular complexity index is 1220. The highest BCUT2D eigenvalue weighted by Gasteiger charge is 2.37. The number of aromatic nitrogens is 1. The van der Waals surface area contributed by atoms with Crippen LogP contribution in [-0.2, 0) is 17.6 Å². The van der Waals surface area contributed by atoms with Crippen LogP contribution in [0.3, 0.4) is 0 Å². The summed E-state index contributed by atoms with van der Waals surface area (Å²) in [5.74, 6) is -0.0110. The molecule has 0 unspecified atom stereocenters. The molecule has 0 saturated heterocycles. The van der Waals surface area contributed by atoms with Gasteiger partial charge in [-0.25, -0.2) is 9.37 Å². The fraction of sp³-hybridized carbons (Fsp3) is 0.379. The molecule has 0 radical (unpaired) electrons. The van der Waals surface area contributed by atoms with E-state index in [-0.39, 0.29) is 41.4 Å².